The number of hydrogen-bond donors (Lipinski definition) is 2. The number of rotatable bonds is 6. The summed E-state index contributed by atoms with van der Waals surface area (Å²) < 4.78 is 12.7. The smallest absolute Gasteiger partial charge is 0.240 e. The van der Waals surface area contributed by atoms with Crippen LogP contribution in [0.1, 0.15) is 18.9 Å². The second-order valence-corrected chi connectivity index (χ2v) is 4.59. The maximum absolute atomic E-state index is 12.7. The van der Waals surface area contributed by atoms with Gasteiger partial charge >= 0.3 is 0 Å². The Morgan fingerprint density at radius 2 is 2.00 bits per heavy atom. The first kappa shape index (κ1) is 15.6. The van der Waals surface area contributed by atoms with Gasteiger partial charge in [-0.15, -0.1) is 0 Å². The molecule has 0 aromatic heterocycles. The van der Waals surface area contributed by atoms with Crippen molar-refractivity contribution in [1.82, 2.24) is 5.32 Å². The number of halogens is 1. The Balaban J connectivity index is 2.60. The third-order valence-electron chi connectivity index (χ3n) is 2.77. The standard InChI is InChI=1S/C14H16FN3O2/c1-9(8-16)6-12(14(17)20)18-13(19)7-10-2-4-11(15)5-3-10/h2-5,9,12H,6-7H2,1H3,(H2,17,20)(H,18,19)/t9-,12-/m1/s1. The van der Waals surface area contributed by atoms with Crippen molar-refractivity contribution in [2.24, 2.45) is 11.7 Å². The van der Waals surface area contributed by atoms with Gasteiger partial charge < -0.3 is 11.1 Å². The highest BCUT2D eigenvalue weighted by atomic mass is 19.1. The minimum atomic E-state index is -0.877. The van der Waals surface area contributed by atoms with Crippen LogP contribution in [0.25, 0.3) is 0 Å². The molecule has 1 rings (SSSR count). The van der Waals surface area contributed by atoms with Gasteiger partial charge in [0, 0.05) is 5.92 Å². The summed E-state index contributed by atoms with van der Waals surface area (Å²) in [6.07, 6.45) is 0.186. The fraction of sp³-hybridized carbons (Fsp3) is 0.357. The van der Waals surface area contributed by atoms with Gasteiger partial charge in [-0.05, 0) is 31.0 Å². The highest BCUT2D eigenvalue weighted by Gasteiger charge is 2.20. The SMILES string of the molecule is C[C@@H](C#N)C[C@@H](NC(=O)Cc1ccc(F)cc1)C(N)=O. The summed E-state index contributed by atoms with van der Waals surface area (Å²) in [6.45, 7) is 1.64. The molecule has 0 heterocycles. The highest BCUT2D eigenvalue weighted by Crippen LogP contribution is 2.06. The van der Waals surface area contributed by atoms with Crippen molar-refractivity contribution in [2.45, 2.75) is 25.8 Å². The van der Waals surface area contributed by atoms with Crippen LogP contribution in [0.5, 0.6) is 0 Å². The maximum atomic E-state index is 12.7. The molecule has 0 aliphatic carbocycles. The monoisotopic (exact) mass is 277 g/mol. The van der Waals surface area contributed by atoms with Gasteiger partial charge in [-0.1, -0.05) is 12.1 Å². The Morgan fingerprint density at radius 1 is 1.40 bits per heavy atom. The molecular weight excluding hydrogens is 261 g/mol. The molecule has 6 heteroatoms. The predicted molar refractivity (Wildman–Crippen MR) is 70.6 cm³/mol. The Bertz CT molecular complexity index is 522. The number of carbonyl (C=O) groups excluding carboxylic acids is 2. The summed E-state index contributed by atoms with van der Waals surface area (Å²) in [5, 5.41) is 11.2. The molecule has 0 bridgehead atoms. The first-order chi connectivity index (χ1) is 9.42. The van der Waals surface area contributed by atoms with Crippen LogP contribution in [0, 0.1) is 23.1 Å². The van der Waals surface area contributed by atoms with Crippen LogP contribution >= 0.6 is 0 Å². The predicted octanol–water partition coefficient (Wildman–Crippen LogP) is 0.888. The minimum absolute atomic E-state index is 0.0188. The quantitative estimate of drug-likeness (QED) is 0.808. The molecule has 0 saturated carbocycles. The zero-order chi connectivity index (χ0) is 15.1. The van der Waals surface area contributed by atoms with E-state index in [1.165, 1.54) is 24.3 Å². The molecule has 2 amide bonds. The molecule has 1 aromatic carbocycles. The molecule has 1 aromatic rings. The van der Waals surface area contributed by atoms with Crippen molar-refractivity contribution in [3.05, 3.63) is 35.6 Å². The van der Waals surface area contributed by atoms with Crippen LogP contribution in [0.4, 0.5) is 4.39 Å². The van der Waals surface area contributed by atoms with Crippen molar-refractivity contribution in [3.8, 4) is 6.07 Å². The molecule has 0 radical (unpaired) electrons. The van der Waals surface area contributed by atoms with Gasteiger partial charge in [0.2, 0.25) is 11.8 Å². The van der Waals surface area contributed by atoms with Gasteiger partial charge in [-0.25, -0.2) is 4.39 Å². The van der Waals surface area contributed by atoms with E-state index in [0.717, 1.165) is 0 Å². The van der Waals surface area contributed by atoms with Crippen LogP contribution in [0.15, 0.2) is 24.3 Å². The summed E-state index contributed by atoms with van der Waals surface area (Å²) in [6, 6.07) is 6.60. The van der Waals surface area contributed by atoms with E-state index in [2.05, 4.69) is 5.32 Å². The van der Waals surface area contributed by atoms with Crippen LogP contribution in [-0.2, 0) is 16.0 Å². The Morgan fingerprint density at radius 3 is 2.50 bits per heavy atom. The number of nitriles is 1. The van der Waals surface area contributed by atoms with E-state index >= 15 is 0 Å². The molecule has 0 aliphatic rings. The molecule has 0 aliphatic heterocycles. The van der Waals surface area contributed by atoms with Gasteiger partial charge in [0.25, 0.3) is 0 Å². The molecule has 3 N–H and O–H groups in total. The first-order valence-corrected chi connectivity index (χ1v) is 6.15. The van der Waals surface area contributed by atoms with E-state index in [-0.39, 0.29) is 18.7 Å². The molecule has 0 saturated heterocycles. The lowest BCUT2D eigenvalue weighted by atomic mass is 10.0. The topological polar surface area (TPSA) is 96.0 Å². The van der Waals surface area contributed by atoms with Crippen molar-refractivity contribution in [2.75, 3.05) is 0 Å². The normalized spacial score (nSPS) is 13.1. The Hall–Kier alpha value is -2.42. The second kappa shape index (κ2) is 7.24. The van der Waals surface area contributed by atoms with Crippen molar-refractivity contribution in [1.29, 1.82) is 5.26 Å². The van der Waals surface area contributed by atoms with E-state index in [9.17, 15) is 14.0 Å². The zero-order valence-corrected chi connectivity index (χ0v) is 11.1. The number of carbonyl (C=O) groups is 2. The molecule has 0 fully saturated rings. The average molecular weight is 277 g/mol. The Labute approximate surface area is 116 Å². The third-order valence-corrected chi connectivity index (χ3v) is 2.77. The summed E-state index contributed by atoms with van der Waals surface area (Å²) >= 11 is 0. The van der Waals surface area contributed by atoms with Gasteiger partial charge in [0.15, 0.2) is 0 Å². The van der Waals surface area contributed by atoms with Gasteiger partial charge in [-0.3, -0.25) is 9.59 Å². The number of amides is 2. The van der Waals surface area contributed by atoms with Crippen LogP contribution < -0.4 is 11.1 Å². The second-order valence-electron chi connectivity index (χ2n) is 4.59. The maximum Gasteiger partial charge on any atom is 0.240 e. The Kier molecular flexibility index (Phi) is 5.66. The van der Waals surface area contributed by atoms with E-state index in [1.54, 1.807) is 6.92 Å². The molecule has 106 valence electrons. The first-order valence-electron chi connectivity index (χ1n) is 6.15. The number of hydrogen-bond acceptors (Lipinski definition) is 3. The molecule has 2 atom stereocenters. The van der Waals surface area contributed by atoms with Crippen LogP contribution in [0.2, 0.25) is 0 Å². The summed E-state index contributed by atoms with van der Waals surface area (Å²) in [4.78, 5) is 23.0. The lowest BCUT2D eigenvalue weighted by Crippen LogP contribution is -2.45. The number of benzene rings is 1. The molecule has 20 heavy (non-hydrogen) atoms. The summed E-state index contributed by atoms with van der Waals surface area (Å²) in [7, 11) is 0. The van der Waals surface area contributed by atoms with E-state index in [1.807, 2.05) is 6.07 Å². The van der Waals surface area contributed by atoms with Crippen LogP contribution in [-0.4, -0.2) is 17.9 Å². The lowest BCUT2D eigenvalue weighted by molar-refractivity contribution is -0.127. The fourth-order valence-electron chi connectivity index (χ4n) is 1.69. The van der Waals surface area contributed by atoms with Gasteiger partial charge in [-0.2, -0.15) is 5.26 Å². The van der Waals surface area contributed by atoms with Crippen LogP contribution in [0.3, 0.4) is 0 Å². The van der Waals surface area contributed by atoms with E-state index in [4.69, 9.17) is 11.0 Å². The van der Waals surface area contributed by atoms with Crippen molar-refractivity contribution >= 4 is 11.8 Å². The van der Waals surface area contributed by atoms with Crippen molar-refractivity contribution < 1.29 is 14.0 Å². The lowest BCUT2D eigenvalue weighted by Gasteiger charge is -2.16. The van der Waals surface area contributed by atoms with Crippen molar-refractivity contribution in [3.63, 3.8) is 0 Å². The zero-order valence-electron chi connectivity index (χ0n) is 11.1. The average Bonchev–Trinajstić information content (AvgIpc) is 2.40. The number of nitrogens with zero attached hydrogens (tertiary/aromatic N) is 1. The fourth-order valence-corrected chi connectivity index (χ4v) is 1.69. The molecule has 0 unspecified atom stereocenters. The molecule has 0 spiro atoms. The number of nitrogens with two attached hydrogens (primary N) is 1. The van der Waals surface area contributed by atoms with Gasteiger partial charge in [0.1, 0.15) is 11.9 Å². The third kappa shape index (κ3) is 5.06. The number of primary amides is 1. The van der Waals surface area contributed by atoms with E-state index < -0.39 is 23.8 Å². The summed E-state index contributed by atoms with van der Waals surface area (Å²) in [5.74, 6) is -1.85. The highest BCUT2D eigenvalue weighted by molar-refractivity contribution is 5.87. The van der Waals surface area contributed by atoms with Gasteiger partial charge in [0.05, 0.1) is 12.5 Å². The molecular formula is C14H16FN3O2. The molecule has 5 nitrogen and oxygen atoms in total. The van der Waals surface area contributed by atoms with E-state index in [0.29, 0.717) is 5.56 Å². The largest absolute Gasteiger partial charge is 0.368 e. The summed E-state index contributed by atoms with van der Waals surface area (Å²) in [5.41, 5.74) is 5.81. The number of nitrogens with one attached hydrogen (secondary N) is 1. The minimum Gasteiger partial charge on any atom is -0.368 e.